The molecule has 8 heteroatoms. The number of hydrogen-bond donors (Lipinski definition) is 2. The molecule has 140 valence electrons. The zero-order chi connectivity index (χ0) is 19.1. The van der Waals surface area contributed by atoms with E-state index in [1.54, 1.807) is 17.6 Å². The highest BCUT2D eigenvalue weighted by molar-refractivity contribution is 7.18. The summed E-state index contributed by atoms with van der Waals surface area (Å²) in [6, 6.07) is 6.29. The third-order valence-corrected chi connectivity index (χ3v) is 6.43. The number of nitrogens with one attached hydrogen (secondary N) is 2. The summed E-state index contributed by atoms with van der Waals surface area (Å²) in [5.41, 5.74) is 5.27. The SMILES string of the molecule is CNc1nnc(-c2ccc3[nH]cc(-c4csc(C5=CC(C)OC=C5)n4)c3c2)s1. The van der Waals surface area contributed by atoms with Crippen LogP contribution in [0, 0.1) is 0 Å². The van der Waals surface area contributed by atoms with Crippen molar-refractivity contribution in [2.45, 2.75) is 13.0 Å². The average Bonchev–Trinajstić information content (AvgIpc) is 3.45. The number of allylic oxidation sites excluding steroid dienone is 2. The van der Waals surface area contributed by atoms with Crippen molar-refractivity contribution in [1.82, 2.24) is 20.2 Å². The van der Waals surface area contributed by atoms with Crippen LogP contribution in [0.5, 0.6) is 0 Å². The van der Waals surface area contributed by atoms with E-state index < -0.39 is 0 Å². The van der Waals surface area contributed by atoms with E-state index in [4.69, 9.17) is 9.72 Å². The van der Waals surface area contributed by atoms with Gasteiger partial charge in [-0.3, -0.25) is 0 Å². The zero-order valence-corrected chi connectivity index (χ0v) is 16.9. The fraction of sp³-hybridized carbons (Fsp3) is 0.150. The van der Waals surface area contributed by atoms with Gasteiger partial charge in [0.25, 0.3) is 0 Å². The summed E-state index contributed by atoms with van der Waals surface area (Å²) in [6.07, 6.45) is 7.87. The number of nitrogens with zero attached hydrogens (tertiary/aromatic N) is 3. The van der Waals surface area contributed by atoms with E-state index in [9.17, 15) is 0 Å². The maximum Gasteiger partial charge on any atom is 0.205 e. The molecule has 1 aliphatic rings. The number of fused-ring (bicyclic) bond motifs is 1. The first-order valence-corrected chi connectivity index (χ1v) is 10.5. The smallest absolute Gasteiger partial charge is 0.205 e. The number of anilines is 1. The van der Waals surface area contributed by atoms with Gasteiger partial charge in [-0.25, -0.2) is 4.98 Å². The Morgan fingerprint density at radius 2 is 2.14 bits per heavy atom. The minimum absolute atomic E-state index is 0.0670. The Hall–Kier alpha value is -2.97. The molecule has 3 aromatic heterocycles. The van der Waals surface area contributed by atoms with Crippen molar-refractivity contribution < 1.29 is 4.74 Å². The van der Waals surface area contributed by atoms with Gasteiger partial charge in [0.2, 0.25) is 5.13 Å². The van der Waals surface area contributed by atoms with Gasteiger partial charge in [-0.05, 0) is 37.3 Å². The quantitative estimate of drug-likeness (QED) is 0.488. The molecule has 4 aromatic rings. The molecule has 1 atom stereocenters. The Morgan fingerprint density at radius 1 is 1.21 bits per heavy atom. The summed E-state index contributed by atoms with van der Waals surface area (Å²) in [4.78, 5) is 8.22. The molecule has 6 nitrogen and oxygen atoms in total. The predicted octanol–water partition coefficient (Wildman–Crippen LogP) is 5.17. The van der Waals surface area contributed by atoms with Crippen LogP contribution in [0.15, 0.2) is 48.2 Å². The van der Waals surface area contributed by atoms with Crippen LogP contribution in [-0.4, -0.2) is 33.3 Å². The van der Waals surface area contributed by atoms with Crippen molar-refractivity contribution in [2.75, 3.05) is 12.4 Å². The van der Waals surface area contributed by atoms with Gasteiger partial charge in [-0.2, -0.15) is 0 Å². The van der Waals surface area contributed by atoms with Crippen LogP contribution >= 0.6 is 22.7 Å². The normalized spacial score (nSPS) is 16.2. The molecule has 1 aromatic carbocycles. The molecule has 0 spiro atoms. The third kappa shape index (κ3) is 3.00. The lowest BCUT2D eigenvalue weighted by molar-refractivity contribution is 0.201. The lowest BCUT2D eigenvalue weighted by Gasteiger charge is -2.12. The van der Waals surface area contributed by atoms with E-state index in [2.05, 4.69) is 50.2 Å². The zero-order valence-electron chi connectivity index (χ0n) is 15.3. The van der Waals surface area contributed by atoms with Crippen LogP contribution in [0.3, 0.4) is 0 Å². The molecule has 28 heavy (non-hydrogen) atoms. The van der Waals surface area contributed by atoms with Crippen molar-refractivity contribution in [3.63, 3.8) is 0 Å². The van der Waals surface area contributed by atoms with Gasteiger partial charge in [0.1, 0.15) is 16.1 Å². The fourth-order valence-electron chi connectivity index (χ4n) is 3.16. The molecule has 1 unspecified atom stereocenters. The fourth-order valence-corrected chi connectivity index (χ4v) is 4.68. The first-order valence-electron chi connectivity index (χ1n) is 8.84. The maximum atomic E-state index is 5.43. The van der Waals surface area contributed by atoms with Gasteiger partial charge in [0, 0.05) is 46.2 Å². The van der Waals surface area contributed by atoms with Crippen LogP contribution < -0.4 is 5.32 Å². The molecule has 0 saturated carbocycles. The van der Waals surface area contributed by atoms with Crippen molar-refractivity contribution in [3.8, 4) is 21.8 Å². The molecule has 0 amide bonds. The number of aromatic amines is 1. The highest BCUT2D eigenvalue weighted by Crippen LogP contribution is 2.35. The molecule has 0 radical (unpaired) electrons. The van der Waals surface area contributed by atoms with Gasteiger partial charge in [-0.1, -0.05) is 11.3 Å². The molecule has 0 fully saturated rings. The Kier molecular flexibility index (Phi) is 4.22. The standard InChI is InChI=1S/C20H17N5OS2/c1-11-7-13(5-6-26-11)18-23-17(10-27-18)15-9-22-16-4-3-12(8-14(15)16)19-24-25-20(21-2)28-19/h3-11,22H,1-2H3,(H,21,25). The van der Waals surface area contributed by atoms with E-state index in [1.165, 1.54) is 11.3 Å². The number of aromatic nitrogens is 4. The van der Waals surface area contributed by atoms with Gasteiger partial charge in [0.15, 0.2) is 0 Å². The number of thiazole rings is 1. The Bertz CT molecular complexity index is 1220. The van der Waals surface area contributed by atoms with E-state index in [-0.39, 0.29) is 6.10 Å². The van der Waals surface area contributed by atoms with E-state index in [0.717, 1.165) is 48.4 Å². The van der Waals surface area contributed by atoms with Gasteiger partial charge >= 0.3 is 0 Å². The highest BCUT2D eigenvalue weighted by atomic mass is 32.1. The van der Waals surface area contributed by atoms with Gasteiger partial charge in [-0.15, -0.1) is 21.5 Å². The first kappa shape index (κ1) is 17.2. The molecule has 5 rings (SSSR count). The van der Waals surface area contributed by atoms with E-state index >= 15 is 0 Å². The number of H-pyrrole nitrogens is 1. The van der Waals surface area contributed by atoms with Crippen molar-refractivity contribution >= 4 is 44.3 Å². The molecule has 0 aliphatic carbocycles. The summed E-state index contributed by atoms with van der Waals surface area (Å²) < 4.78 is 5.43. The number of ether oxygens (including phenoxy) is 1. The van der Waals surface area contributed by atoms with Crippen molar-refractivity contribution in [1.29, 1.82) is 0 Å². The first-order chi connectivity index (χ1) is 13.7. The monoisotopic (exact) mass is 407 g/mol. The molecule has 1 aliphatic heterocycles. The molecular formula is C20H17N5OS2. The second-order valence-corrected chi connectivity index (χ2v) is 8.26. The summed E-state index contributed by atoms with van der Waals surface area (Å²) in [5.74, 6) is 0. The van der Waals surface area contributed by atoms with Gasteiger partial charge < -0.3 is 15.0 Å². The summed E-state index contributed by atoms with van der Waals surface area (Å²) in [5, 5.41) is 17.4. The maximum absolute atomic E-state index is 5.43. The molecule has 0 bridgehead atoms. The molecule has 4 heterocycles. The third-order valence-electron chi connectivity index (χ3n) is 4.55. The van der Waals surface area contributed by atoms with Crippen LogP contribution in [0.2, 0.25) is 0 Å². The lowest BCUT2D eigenvalue weighted by atomic mass is 10.1. The molecule has 0 saturated heterocycles. The number of benzene rings is 1. The Morgan fingerprint density at radius 3 is 2.96 bits per heavy atom. The van der Waals surface area contributed by atoms with Crippen LogP contribution in [0.25, 0.3) is 38.3 Å². The summed E-state index contributed by atoms with van der Waals surface area (Å²) >= 11 is 3.18. The largest absolute Gasteiger partial charge is 0.494 e. The lowest BCUT2D eigenvalue weighted by Crippen LogP contribution is -2.03. The Labute approximate surface area is 169 Å². The van der Waals surface area contributed by atoms with E-state index in [1.807, 2.05) is 26.2 Å². The average molecular weight is 408 g/mol. The Balaban J connectivity index is 1.54. The van der Waals surface area contributed by atoms with Crippen molar-refractivity contribution in [3.05, 3.63) is 53.2 Å². The minimum atomic E-state index is 0.0670. The van der Waals surface area contributed by atoms with Crippen LogP contribution in [0.4, 0.5) is 5.13 Å². The second-order valence-electron chi connectivity index (χ2n) is 6.43. The highest BCUT2D eigenvalue weighted by Gasteiger charge is 2.15. The summed E-state index contributed by atoms with van der Waals surface area (Å²) in [7, 11) is 1.85. The van der Waals surface area contributed by atoms with Gasteiger partial charge in [0.05, 0.1) is 12.0 Å². The number of hydrogen-bond acceptors (Lipinski definition) is 7. The second kappa shape index (κ2) is 6.88. The number of rotatable bonds is 4. The van der Waals surface area contributed by atoms with E-state index in [0.29, 0.717) is 0 Å². The minimum Gasteiger partial charge on any atom is -0.494 e. The molecule has 2 N–H and O–H groups in total. The predicted molar refractivity (Wildman–Crippen MR) is 116 cm³/mol. The molecular weight excluding hydrogens is 390 g/mol. The topological polar surface area (TPSA) is 75.7 Å². The summed E-state index contributed by atoms with van der Waals surface area (Å²) in [6.45, 7) is 2.02. The van der Waals surface area contributed by atoms with Crippen molar-refractivity contribution in [2.24, 2.45) is 0 Å². The van der Waals surface area contributed by atoms with Crippen LogP contribution in [-0.2, 0) is 4.74 Å². The van der Waals surface area contributed by atoms with Crippen LogP contribution in [0.1, 0.15) is 11.9 Å².